The standard InChI is InChI=1S/C23H20F2N2O4/c24-19-9-8-17(11-20(19)25)30-14-18-12-21(26-31-18)23(29)27-10-4-7-16(13-27)22(28)15-5-2-1-3-6-15/h1-3,5-6,8-9,11-12,16H,4,7,10,13-14H2. The highest BCUT2D eigenvalue weighted by Crippen LogP contribution is 2.23. The fourth-order valence-corrected chi connectivity index (χ4v) is 3.58. The number of hydrogen-bond donors (Lipinski definition) is 0. The molecule has 1 aromatic heterocycles. The van der Waals surface area contributed by atoms with E-state index in [1.165, 1.54) is 12.1 Å². The molecule has 1 atom stereocenters. The van der Waals surface area contributed by atoms with Crippen molar-refractivity contribution in [1.29, 1.82) is 0 Å². The third kappa shape index (κ3) is 4.79. The summed E-state index contributed by atoms with van der Waals surface area (Å²) in [6, 6.07) is 13.7. The maximum absolute atomic E-state index is 13.3. The van der Waals surface area contributed by atoms with Crippen LogP contribution in [-0.4, -0.2) is 34.8 Å². The maximum Gasteiger partial charge on any atom is 0.276 e. The van der Waals surface area contributed by atoms with Gasteiger partial charge in [0.2, 0.25) is 0 Å². The lowest BCUT2D eigenvalue weighted by molar-refractivity contribution is 0.0628. The van der Waals surface area contributed by atoms with Crippen LogP contribution in [0.25, 0.3) is 0 Å². The number of likely N-dealkylation sites (tertiary alicyclic amines) is 1. The van der Waals surface area contributed by atoms with Gasteiger partial charge in [-0.15, -0.1) is 0 Å². The first-order valence-corrected chi connectivity index (χ1v) is 9.93. The summed E-state index contributed by atoms with van der Waals surface area (Å²) in [6.45, 7) is 0.755. The van der Waals surface area contributed by atoms with Crippen LogP contribution in [0.15, 0.2) is 59.1 Å². The van der Waals surface area contributed by atoms with Gasteiger partial charge in [-0.05, 0) is 25.0 Å². The number of carbonyl (C=O) groups excluding carboxylic acids is 2. The van der Waals surface area contributed by atoms with E-state index in [1.54, 1.807) is 17.0 Å². The molecule has 1 saturated heterocycles. The first kappa shape index (κ1) is 20.7. The maximum atomic E-state index is 13.3. The molecule has 2 heterocycles. The van der Waals surface area contributed by atoms with Crippen molar-refractivity contribution in [3.8, 4) is 5.75 Å². The van der Waals surface area contributed by atoms with Gasteiger partial charge in [0, 0.05) is 36.7 Å². The van der Waals surface area contributed by atoms with Crippen LogP contribution in [-0.2, 0) is 6.61 Å². The van der Waals surface area contributed by atoms with E-state index in [2.05, 4.69) is 5.16 Å². The lowest BCUT2D eigenvalue weighted by Crippen LogP contribution is -2.42. The molecule has 4 rings (SSSR count). The summed E-state index contributed by atoms with van der Waals surface area (Å²) in [7, 11) is 0. The Morgan fingerprint density at radius 3 is 2.68 bits per heavy atom. The van der Waals surface area contributed by atoms with Gasteiger partial charge in [-0.1, -0.05) is 35.5 Å². The van der Waals surface area contributed by atoms with Crippen LogP contribution in [0.5, 0.6) is 5.75 Å². The quantitative estimate of drug-likeness (QED) is 0.551. The molecule has 8 heteroatoms. The minimum Gasteiger partial charge on any atom is -0.485 e. The number of benzene rings is 2. The molecule has 0 aliphatic carbocycles. The lowest BCUT2D eigenvalue weighted by Gasteiger charge is -2.31. The van der Waals surface area contributed by atoms with Gasteiger partial charge < -0.3 is 14.2 Å². The molecule has 1 aliphatic rings. The number of hydrogen-bond acceptors (Lipinski definition) is 5. The minimum absolute atomic E-state index is 0.0267. The molecule has 0 bridgehead atoms. The van der Waals surface area contributed by atoms with Gasteiger partial charge in [0.05, 0.1) is 0 Å². The van der Waals surface area contributed by atoms with Gasteiger partial charge >= 0.3 is 0 Å². The second-order valence-electron chi connectivity index (χ2n) is 7.36. The zero-order chi connectivity index (χ0) is 21.8. The van der Waals surface area contributed by atoms with Crippen molar-refractivity contribution in [2.45, 2.75) is 19.4 Å². The number of nitrogens with zero attached hydrogens (tertiary/aromatic N) is 2. The Hall–Kier alpha value is -3.55. The van der Waals surface area contributed by atoms with Crippen LogP contribution in [0.1, 0.15) is 39.4 Å². The summed E-state index contributed by atoms with van der Waals surface area (Å²) in [4.78, 5) is 27.2. The van der Waals surface area contributed by atoms with Crippen molar-refractivity contribution >= 4 is 11.7 Å². The Balaban J connectivity index is 1.37. The monoisotopic (exact) mass is 426 g/mol. The topological polar surface area (TPSA) is 72.6 Å². The molecule has 0 spiro atoms. The van der Waals surface area contributed by atoms with E-state index in [0.717, 1.165) is 25.0 Å². The van der Waals surface area contributed by atoms with Crippen LogP contribution in [0.4, 0.5) is 8.78 Å². The summed E-state index contributed by atoms with van der Waals surface area (Å²) in [5.74, 6) is -2.15. The molecule has 1 aliphatic heterocycles. The summed E-state index contributed by atoms with van der Waals surface area (Å²) < 4.78 is 36.7. The van der Waals surface area contributed by atoms with Crippen LogP contribution < -0.4 is 4.74 Å². The summed E-state index contributed by atoms with van der Waals surface area (Å²) in [5.41, 5.74) is 0.747. The predicted octanol–water partition coefficient (Wildman–Crippen LogP) is 4.27. The van der Waals surface area contributed by atoms with E-state index in [0.29, 0.717) is 18.7 Å². The van der Waals surface area contributed by atoms with Crippen LogP contribution in [0, 0.1) is 17.6 Å². The number of Topliss-reactive ketones (excluding diaryl/α,β-unsaturated/α-hetero) is 1. The average molecular weight is 426 g/mol. The van der Waals surface area contributed by atoms with E-state index in [1.807, 2.05) is 18.2 Å². The highest BCUT2D eigenvalue weighted by atomic mass is 19.2. The molecule has 160 valence electrons. The van der Waals surface area contributed by atoms with Crippen molar-refractivity contribution < 1.29 is 27.6 Å². The molecule has 0 saturated carbocycles. The lowest BCUT2D eigenvalue weighted by atomic mass is 9.90. The normalized spacial score (nSPS) is 16.2. The van der Waals surface area contributed by atoms with Crippen LogP contribution in [0.2, 0.25) is 0 Å². The fraction of sp³-hybridized carbons (Fsp3) is 0.261. The van der Waals surface area contributed by atoms with E-state index in [-0.39, 0.29) is 41.4 Å². The number of ketones is 1. The second-order valence-corrected chi connectivity index (χ2v) is 7.36. The van der Waals surface area contributed by atoms with Crippen molar-refractivity contribution in [3.63, 3.8) is 0 Å². The van der Waals surface area contributed by atoms with Crippen LogP contribution >= 0.6 is 0 Å². The van der Waals surface area contributed by atoms with Gasteiger partial charge in [-0.25, -0.2) is 8.78 Å². The van der Waals surface area contributed by atoms with Crippen molar-refractivity contribution in [1.82, 2.24) is 10.1 Å². The number of piperidine rings is 1. The number of halogens is 2. The SMILES string of the molecule is O=C(c1ccccc1)C1CCCN(C(=O)c2cc(COc3ccc(F)c(F)c3)on2)C1. The van der Waals surface area contributed by atoms with Crippen molar-refractivity contribution in [3.05, 3.63) is 83.2 Å². The number of rotatable bonds is 6. The first-order chi connectivity index (χ1) is 15.0. The summed E-state index contributed by atoms with van der Waals surface area (Å²) >= 11 is 0. The Morgan fingerprint density at radius 2 is 1.90 bits per heavy atom. The molecular formula is C23H20F2N2O4. The van der Waals surface area contributed by atoms with Crippen molar-refractivity contribution in [2.75, 3.05) is 13.1 Å². The average Bonchev–Trinajstić information content (AvgIpc) is 3.28. The molecular weight excluding hydrogens is 406 g/mol. The van der Waals surface area contributed by atoms with E-state index >= 15 is 0 Å². The first-order valence-electron chi connectivity index (χ1n) is 9.93. The molecule has 1 fully saturated rings. The van der Waals surface area contributed by atoms with Gasteiger partial charge in [-0.3, -0.25) is 9.59 Å². The Morgan fingerprint density at radius 1 is 1.10 bits per heavy atom. The zero-order valence-corrected chi connectivity index (χ0v) is 16.6. The van der Waals surface area contributed by atoms with Gasteiger partial charge in [0.15, 0.2) is 28.9 Å². The molecule has 31 heavy (non-hydrogen) atoms. The van der Waals surface area contributed by atoms with E-state index < -0.39 is 11.6 Å². The predicted molar refractivity (Wildman–Crippen MR) is 107 cm³/mol. The molecule has 1 unspecified atom stereocenters. The van der Waals surface area contributed by atoms with E-state index in [4.69, 9.17) is 9.26 Å². The van der Waals surface area contributed by atoms with E-state index in [9.17, 15) is 18.4 Å². The Kier molecular flexibility index (Phi) is 6.06. The smallest absolute Gasteiger partial charge is 0.276 e. The number of ether oxygens (including phenoxy) is 1. The Labute approximate surface area is 177 Å². The molecule has 6 nitrogen and oxygen atoms in total. The van der Waals surface area contributed by atoms with Gasteiger partial charge in [-0.2, -0.15) is 0 Å². The second kappa shape index (κ2) is 9.07. The number of carbonyl (C=O) groups is 2. The van der Waals surface area contributed by atoms with Gasteiger partial charge in [0.1, 0.15) is 12.4 Å². The molecule has 3 aromatic rings. The fourth-order valence-electron chi connectivity index (χ4n) is 3.58. The molecule has 2 aromatic carbocycles. The van der Waals surface area contributed by atoms with Gasteiger partial charge in [0.25, 0.3) is 5.91 Å². The van der Waals surface area contributed by atoms with Crippen LogP contribution in [0.3, 0.4) is 0 Å². The molecule has 0 radical (unpaired) electrons. The highest BCUT2D eigenvalue weighted by molar-refractivity contribution is 5.99. The third-order valence-corrected chi connectivity index (χ3v) is 5.19. The zero-order valence-electron chi connectivity index (χ0n) is 16.6. The third-order valence-electron chi connectivity index (χ3n) is 5.19. The van der Waals surface area contributed by atoms with Crippen molar-refractivity contribution in [2.24, 2.45) is 5.92 Å². The largest absolute Gasteiger partial charge is 0.485 e. The molecule has 1 amide bonds. The highest BCUT2D eigenvalue weighted by Gasteiger charge is 2.30. The number of amides is 1. The summed E-state index contributed by atoms with van der Waals surface area (Å²) in [5, 5.41) is 3.80. The minimum atomic E-state index is -1.02. The summed E-state index contributed by atoms with van der Waals surface area (Å²) in [6.07, 6.45) is 1.45. The molecule has 0 N–H and O–H groups in total. The number of aromatic nitrogens is 1. The Bertz CT molecular complexity index is 1080.